The fourth-order valence-corrected chi connectivity index (χ4v) is 6.00. The predicted octanol–water partition coefficient (Wildman–Crippen LogP) is 5.47. The van der Waals surface area contributed by atoms with Gasteiger partial charge in [0, 0.05) is 16.6 Å². The highest BCUT2D eigenvalue weighted by molar-refractivity contribution is 7.99. The van der Waals surface area contributed by atoms with Crippen LogP contribution in [0.4, 0.5) is 5.82 Å². The van der Waals surface area contributed by atoms with E-state index in [1.807, 2.05) is 47.4 Å². The third-order valence-corrected chi connectivity index (χ3v) is 8.41. The summed E-state index contributed by atoms with van der Waals surface area (Å²) < 4.78 is 4.18. The van der Waals surface area contributed by atoms with Crippen molar-refractivity contribution in [2.45, 2.75) is 44.4 Å². The smallest absolute Gasteiger partial charge is 0.235 e. The van der Waals surface area contributed by atoms with E-state index in [0.717, 1.165) is 40.0 Å². The Balaban J connectivity index is 1.34. The van der Waals surface area contributed by atoms with Crippen molar-refractivity contribution in [1.82, 2.24) is 19.3 Å². The Morgan fingerprint density at radius 3 is 2.70 bits per heavy atom. The maximum absolute atomic E-state index is 13.0. The van der Waals surface area contributed by atoms with Crippen molar-refractivity contribution in [2.24, 2.45) is 0 Å². The Morgan fingerprint density at radius 2 is 2.03 bits per heavy atom. The highest BCUT2D eigenvalue weighted by Gasteiger charge is 2.31. The lowest BCUT2D eigenvalue weighted by atomic mass is 10.2. The van der Waals surface area contributed by atoms with E-state index in [2.05, 4.69) is 32.2 Å². The zero-order chi connectivity index (χ0) is 22.9. The number of thiophene rings is 2. The number of amides is 1. The number of carbonyl (C=O) groups excluding carboxylic acids is 1. The molecule has 0 radical (unpaired) electrons. The van der Waals surface area contributed by atoms with E-state index < -0.39 is 0 Å². The summed E-state index contributed by atoms with van der Waals surface area (Å²) in [6.07, 6.45) is 2.22. The minimum Gasteiger partial charge on any atom is -0.325 e. The second-order valence-corrected chi connectivity index (χ2v) is 10.9. The normalized spacial score (nSPS) is 13.2. The molecule has 1 aliphatic carbocycles. The quantitative estimate of drug-likeness (QED) is 0.328. The van der Waals surface area contributed by atoms with Crippen LogP contribution < -0.4 is 5.32 Å². The number of rotatable bonds is 8. The molecule has 1 saturated carbocycles. The number of carbonyl (C=O) groups is 1. The minimum absolute atomic E-state index is 0.163. The Labute approximate surface area is 204 Å². The van der Waals surface area contributed by atoms with Crippen LogP contribution in [0.25, 0.3) is 10.7 Å². The lowest BCUT2D eigenvalue weighted by Gasteiger charge is -2.12. The van der Waals surface area contributed by atoms with Gasteiger partial charge < -0.3 is 9.88 Å². The molecule has 0 bridgehead atoms. The Bertz CT molecular complexity index is 1320. The molecule has 1 fully saturated rings. The summed E-state index contributed by atoms with van der Waals surface area (Å²) in [5, 5.41) is 26.4. The van der Waals surface area contributed by atoms with Crippen molar-refractivity contribution in [3.05, 3.63) is 56.7 Å². The van der Waals surface area contributed by atoms with E-state index in [-0.39, 0.29) is 11.7 Å². The van der Waals surface area contributed by atoms with Crippen LogP contribution in [0.1, 0.15) is 40.6 Å². The molecule has 4 aromatic rings. The molecule has 0 saturated heterocycles. The molecular formula is C23H22N6OS3. The Kier molecular flexibility index (Phi) is 6.10. The largest absolute Gasteiger partial charge is 0.325 e. The SMILES string of the molecule is Cc1c(C#N)c(NC(=O)CSc2nnc(-c3cccs3)n2C2CC2)n(Cc2cccs2)c1C. The van der Waals surface area contributed by atoms with Gasteiger partial charge in [-0.15, -0.1) is 32.9 Å². The molecular weight excluding hydrogens is 472 g/mol. The van der Waals surface area contributed by atoms with Crippen molar-refractivity contribution in [3.8, 4) is 16.8 Å². The lowest BCUT2D eigenvalue weighted by molar-refractivity contribution is -0.113. The second-order valence-electron chi connectivity index (χ2n) is 7.93. The summed E-state index contributed by atoms with van der Waals surface area (Å²) in [6.45, 7) is 4.53. The average molecular weight is 495 g/mol. The number of nitrogens with one attached hydrogen (secondary N) is 1. The van der Waals surface area contributed by atoms with Crippen LogP contribution in [0, 0.1) is 25.2 Å². The van der Waals surface area contributed by atoms with Gasteiger partial charge in [0.2, 0.25) is 5.91 Å². The highest BCUT2D eigenvalue weighted by Crippen LogP contribution is 2.41. The topological polar surface area (TPSA) is 88.5 Å². The van der Waals surface area contributed by atoms with E-state index in [0.29, 0.717) is 24.0 Å². The van der Waals surface area contributed by atoms with Crippen LogP contribution in [-0.4, -0.2) is 31.0 Å². The maximum atomic E-state index is 13.0. The van der Waals surface area contributed by atoms with Gasteiger partial charge in [-0.1, -0.05) is 23.9 Å². The molecule has 0 atom stereocenters. The number of hydrogen-bond acceptors (Lipinski definition) is 7. The van der Waals surface area contributed by atoms with Crippen molar-refractivity contribution >= 4 is 46.2 Å². The molecule has 0 aromatic carbocycles. The first-order valence-electron chi connectivity index (χ1n) is 10.6. The number of hydrogen-bond donors (Lipinski definition) is 1. The van der Waals surface area contributed by atoms with Crippen molar-refractivity contribution < 1.29 is 4.79 Å². The molecule has 1 N–H and O–H groups in total. The fraction of sp³-hybridized carbons (Fsp3) is 0.304. The number of nitriles is 1. The molecule has 7 nitrogen and oxygen atoms in total. The highest BCUT2D eigenvalue weighted by atomic mass is 32.2. The first-order valence-corrected chi connectivity index (χ1v) is 13.3. The number of thioether (sulfide) groups is 1. The summed E-state index contributed by atoms with van der Waals surface area (Å²) in [4.78, 5) is 15.2. The van der Waals surface area contributed by atoms with E-state index >= 15 is 0 Å². The van der Waals surface area contributed by atoms with E-state index in [1.165, 1.54) is 16.6 Å². The molecule has 4 heterocycles. The van der Waals surface area contributed by atoms with Gasteiger partial charge in [0.15, 0.2) is 11.0 Å². The van der Waals surface area contributed by atoms with Gasteiger partial charge >= 0.3 is 0 Å². The zero-order valence-corrected chi connectivity index (χ0v) is 20.7. The summed E-state index contributed by atoms with van der Waals surface area (Å²) in [7, 11) is 0. The minimum atomic E-state index is -0.163. The van der Waals surface area contributed by atoms with Crippen molar-refractivity contribution in [2.75, 3.05) is 11.1 Å². The van der Waals surface area contributed by atoms with Gasteiger partial charge in [0.05, 0.1) is 22.7 Å². The Hall–Kier alpha value is -2.87. The van der Waals surface area contributed by atoms with E-state index in [9.17, 15) is 10.1 Å². The molecule has 10 heteroatoms. The number of nitrogens with zero attached hydrogens (tertiary/aromatic N) is 5. The molecule has 1 amide bonds. The number of anilines is 1. The second kappa shape index (κ2) is 9.17. The van der Waals surface area contributed by atoms with Crippen LogP contribution in [0.2, 0.25) is 0 Å². The van der Waals surface area contributed by atoms with Gasteiger partial charge in [-0.2, -0.15) is 5.26 Å². The van der Waals surface area contributed by atoms with Crippen LogP contribution in [0.5, 0.6) is 0 Å². The van der Waals surface area contributed by atoms with Crippen LogP contribution >= 0.6 is 34.4 Å². The standard InChI is InChI=1S/C23H22N6OS3/c1-14-15(2)28(12-17-5-3-9-31-17)21(18(14)11-24)25-20(30)13-33-23-27-26-22(19-6-4-10-32-19)29(23)16-7-8-16/h3-6,9-10,16H,7-8,12-13H2,1-2H3,(H,25,30). The summed E-state index contributed by atoms with van der Waals surface area (Å²) >= 11 is 4.69. The van der Waals surface area contributed by atoms with Gasteiger partial charge in [-0.25, -0.2) is 0 Å². The molecule has 0 aliphatic heterocycles. The molecule has 5 rings (SSSR count). The van der Waals surface area contributed by atoms with E-state index in [4.69, 9.17) is 0 Å². The van der Waals surface area contributed by atoms with Crippen molar-refractivity contribution in [3.63, 3.8) is 0 Å². The third kappa shape index (κ3) is 4.36. The number of aromatic nitrogens is 4. The summed E-state index contributed by atoms with van der Waals surface area (Å²) in [6, 6.07) is 10.8. The van der Waals surface area contributed by atoms with Gasteiger partial charge in [-0.05, 0) is 55.1 Å². The predicted molar refractivity (Wildman–Crippen MR) is 133 cm³/mol. The summed E-state index contributed by atoms with van der Waals surface area (Å²) in [5.74, 6) is 1.47. The zero-order valence-electron chi connectivity index (χ0n) is 18.2. The van der Waals surface area contributed by atoms with Crippen molar-refractivity contribution in [1.29, 1.82) is 5.26 Å². The summed E-state index contributed by atoms with van der Waals surface area (Å²) in [5.41, 5.74) is 2.39. The molecule has 4 aromatic heterocycles. The molecule has 33 heavy (non-hydrogen) atoms. The monoisotopic (exact) mass is 494 g/mol. The van der Waals surface area contributed by atoms with Crippen LogP contribution in [0.15, 0.2) is 40.2 Å². The van der Waals surface area contributed by atoms with Gasteiger partial charge in [-0.3, -0.25) is 9.36 Å². The molecule has 168 valence electrons. The van der Waals surface area contributed by atoms with Gasteiger partial charge in [0.1, 0.15) is 11.9 Å². The Morgan fingerprint density at radius 1 is 1.24 bits per heavy atom. The first-order chi connectivity index (χ1) is 16.1. The first kappa shape index (κ1) is 21.9. The van der Waals surface area contributed by atoms with E-state index in [1.54, 1.807) is 22.7 Å². The third-order valence-electron chi connectivity index (χ3n) is 5.74. The van der Waals surface area contributed by atoms with Crippen LogP contribution in [0.3, 0.4) is 0 Å². The lowest BCUT2D eigenvalue weighted by Crippen LogP contribution is -2.18. The van der Waals surface area contributed by atoms with Gasteiger partial charge in [0.25, 0.3) is 0 Å². The fourth-order valence-electron chi connectivity index (χ4n) is 3.80. The molecule has 0 unspecified atom stereocenters. The molecule has 1 aliphatic rings. The average Bonchev–Trinajstić information content (AvgIpc) is 3.22. The van der Waals surface area contributed by atoms with Crippen LogP contribution in [-0.2, 0) is 11.3 Å². The maximum Gasteiger partial charge on any atom is 0.235 e. The molecule has 0 spiro atoms.